The topological polar surface area (TPSA) is 42.2 Å². The second kappa shape index (κ2) is 21.1. The minimum absolute atomic E-state index is 0.0557. The largest absolute Gasteiger partial charge is 0.379 e. The first-order valence-corrected chi connectivity index (χ1v) is 13.5. The molecule has 0 amide bonds. The second-order valence-corrected chi connectivity index (χ2v) is 9.46. The van der Waals surface area contributed by atoms with E-state index in [1.807, 2.05) is 13.0 Å². The van der Waals surface area contributed by atoms with E-state index in [2.05, 4.69) is 6.92 Å². The molecule has 188 valence electrons. The van der Waals surface area contributed by atoms with Crippen LogP contribution in [0.15, 0.2) is 18.2 Å². The smallest absolute Gasteiger partial charge is 0.124 e. The van der Waals surface area contributed by atoms with Gasteiger partial charge in [-0.3, -0.25) is 0 Å². The molecule has 4 heteroatoms. The highest BCUT2D eigenvalue weighted by Crippen LogP contribution is 2.14. The molecular weight excluding hydrogens is 413 g/mol. The van der Waals surface area contributed by atoms with Crippen LogP contribution in [0.25, 0.3) is 0 Å². The molecule has 0 heterocycles. The molecule has 0 saturated heterocycles. The van der Waals surface area contributed by atoms with E-state index in [0.29, 0.717) is 17.7 Å². The van der Waals surface area contributed by atoms with Gasteiger partial charge < -0.3 is 9.47 Å². The second-order valence-electron chi connectivity index (χ2n) is 9.46. The van der Waals surface area contributed by atoms with Gasteiger partial charge in [-0.1, -0.05) is 103 Å². The highest BCUT2D eigenvalue weighted by atomic mass is 19.1. The first kappa shape index (κ1) is 29.6. The molecule has 0 radical (unpaired) electrons. The van der Waals surface area contributed by atoms with Crippen molar-refractivity contribution >= 4 is 0 Å². The zero-order chi connectivity index (χ0) is 24.0. The lowest BCUT2D eigenvalue weighted by Crippen LogP contribution is -2.16. The van der Waals surface area contributed by atoms with Gasteiger partial charge in [-0.15, -0.1) is 0 Å². The van der Waals surface area contributed by atoms with E-state index in [4.69, 9.17) is 14.7 Å². The SMILES string of the molecule is CCCCCCCCCCCCCCCCCCOC[C@H](C)OCc1cc(F)cc(C#N)c1. The van der Waals surface area contributed by atoms with E-state index in [1.165, 1.54) is 108 Å². The highest BCUT2D eigenvalue weighted by molar-refractivity contribution is 5.33. The zero-order valence-corrected chi connectivity index (χ0v) is 21.4. The minimum atomic E-state index is -0.403. The number of nitriles is 1. The van der Waals surface area contributed by atoms with E-state index in [0.717, 1.165) is 13.0 Å². The normalized spacial score (nSPS) is 12.1. The Labute approximate surface area is 203 Å². The number of unbranched alkanes of at least 4 members (excludes halogenated alkanes) is 15. The quantitative estimate of drug-likeness (QED) is 0.162. The predicted octanol–water partition coefficient (Wildman–Crippen LogP) is 8.88. The van der Waals surface area contributed by atoms with Crippen LogP contribution in [0, 0.1) is 17.1 Å². The van der Waals surface area contributed by atoms with E-state index in [-0.39, 0.29) is 12.7 Å². The molecule has 0 aromatic heterocycles. The molecule has 0 saturated carbocycles. The molecule has 33 heavy (non-hydrogen) atoms. The third-order valence-corrected chi connectivity index (χ3v) is 6.12. The van der Waals surface area contributed by atoms with Gasteiger partial charge in [0.25, 0.3) is 0 Å². The van der Waals surface area contributed by atoms with Crippen LogP contribution < -0.4 is 0 Å². The van der Waals surface area contributed by atoms with Crippen LogP contribution >= 0.6 is 0 Å². The maximum Gasteiger partial charge on any atom is 0.124 e. The third kappa shape index (κ3) is 17.7. The van der Waals surface area contributed by atoms with Gasteiger partial charge in [0.2, 0.25) is 0 Å². The number of hydrogen-bond donors (Lipinski definition) is 0. The fourth-order valence-electron chi connectivity index (χ4n) is 4.09. The summed E-state index contributed by atoms with van der Waals surface area (Å²) >= 11 is 0. The maximum atomic E-state index is 13.4. The van der Waals surface area contributed by atoms with Crippen molar-refractivity contribution in [3.05, 3.63) is 35.1 Å². The standard InChI is InChI=1S/C29H48FNO2/c1-3-4-5-6-7-8-9-10-11-12-13-14-15-16-17-18-19-32-24-26(2)33-25-28-20-27(23-31)21-29(30)22-28/h20-22,26H,3-19,24-25H2,1-2H3/t26-/m0/s1. The number of ether oxygens (including phenoxy) is 2. The first-order valence-electron chi connectivity index (χ1n) is 13.5. The van der Waals surface area contributed by atoms with Crippen molar-refractivity contribution in [3.63, 3.8) is 0 Å². The lowest BCUT2D eigenvalue weighted by Gasteiger charge is -2.14. The lowest BCUT2D eigenvalue weighted by molar-refractivity contribution is -0.0155. The first-order chi connectivity index (χ1) is 16.2. The Balaban J connectivity index is 1.83. The Morgan fingerprint density at radius 1 is 0.788 bits per heavy atom. The molecule has 1 rings (SSSR count). The molecule has 0 aliphatic carbocycles. The van der Waals surface area contributed by atoms with E-state index < -0.39 is 5.82 Å². The molecule has 0 aliphatic rings. The summed E-state index contributed by atoms with van der Waals surface area (Å²) in [6.07, 6.45) is 21.9. The summed E-state index contributed by atoms with van der Waals surface area (Å²) in [6, 6.07) is 6.26. The van der Waals surface area contributed by atoms with Crippen molar-refractivity contribution in [2.75, 3.05) is 13.2 Å². The van der Waals surface area contributed by atoms with Crippen LogP contribution in [-0.2, 0) is 16.1 Å². The van der Waals surface area contributed by atoms with Gasteiger partial charge in [0.1, 0.15) is 5.82 Å². The van der Waals surface area contributed by atoms with Gasteiger partial charge in [-0.25, -0.2) is 4.39 Å². The summed E-state index contributed by atoms with van der Waals surface area (Å²) in [7, 11) is 0. The fraction of sp³-hybridized carbons (Fsp3) is 0.759. The van der Waals surface area contributed by atoms with Gasteiger partial charge in [0.15, 0.2) is 0 Å². The molecule has 0 fully saturated rings. The Morgan fingerprint density at radius 3 is 1.82 bits per heavy atom. The number of halogens is 1. The van der Waals surface area contributed by atoms with E-state index >= 15 is 0 Å². The summed E-state index contributed by atoms with van der Waals surface area (Å²) in [6.45, 7) is 5.83. The molecule has 0 spiro atoms. The molecule has 1 atom stereocenters. The third-order valence-electron chi connectivity index (χ3n) is 6.12. The molecule has 0 N–H and O–H groups in total. The van der Waals surface area contributed by atoms with Crippen LogP contribution in [0.1, 0.15) is 128 Å². The molecule has 1 aromatic rings. The monoisotopic (exact) mass is 461 g/mol. The number of benzene rings is 1. The van der Waals surface area contributed by atoms with Crippen molar-refractivity contribution in [2.24, 2.45) is 0 Å². The summed E-state index contributed by atoms with van der Waals surface area (Å²) in [5.74, 6) is -0.403. The number of hydrogen-bond acceptors (Lipinski definition) is 3. The summed E-state index contributed by atoms with van der Waals surface area (Å²) in [4.78, 5) is 0. The Bertz CT molecular complexity index is 629. The van der Waals surface area contributed by atoms with Crippen molar-refractivity contribution in [3.8, 4) is 6.07 Å². The van der Waals surface area contributed by atoms with Gasteiger partial charge >= 0.3 is 0 Å². The summed E-state index contributed by atoms with van der Waals surface area (Å²) in [5.41, 5.74) is 0.997. The van der Waals surface area contributed by atoms with Crippen LogP contribution in [0.4, 0.5) is 4.39 Å². The number of nitrogens with zero attached hydrogens (tertiary/aromatic N) is 1. The summed E-state index contributed by atoms with van der Waals surface area (Å²) in [5, 5.41) is 8.91. The van der Waals surface area contributed by atoms with E-state index in [9.17, 15) is 4.39 Å². The van der Waals surface area contributed by atoms with Crippen molar-refractivity contribution in [2.45, 2.75) is 129 Å². The maximum absolute atomic E-state index is 13.4. The Morgan fingerprint density at radius 2 is 1.30 bits per heavy atom. The average molecular weight is 462 g/mol. The predicted molar refractivity (Wildman–Crippen MR) is 136 cm³/mol. The van der Waals surface area contributed by atoms with Gasteiger partial charge in [-0.05, 0) is 37.1 Å². The van der Waals surface area contributed by atoms with E-state index in [1.54, 1.807) is 6.07 Å². The van der Waals surface area contributed by atoms with Crippen molar-refractivity contribution in [1.29, 1.82) is 5.26 Å². The van der Waals surface area contributed by atoms with Gasteiger partial charge in [0, 0.05) is 6.61 Å². The Hall–Kier alpha value is -1.44. The average Bonchev–Trinajstić information content (AvgIpc) is 2.81. The molecule has 0 bridgehead atoms. The lowest BCUT2D eigenvalue weighted by atomic mass is 10.0. The van der Waals surface area contributed by atoms with Gasteiger partial charge in [0.05, 0.1) is 31.0 Å². The van der Waals surface area contributed by atoms with Crippen molar-refractivity contribution < 1.29 is 13.9 Å². The fourth-order valence-corrected chi connectivity index (χ4v) is 4.09. The zero-order valence-electron chi connectivity index (χ0n) is 21.4. The van der Waals surface area contributed by atoms with Crippen LogP contribution in [0.2, 0.25) is 0 Å². The molecular formula is C29H48FNO2. The minimum Gasteiger partial charge on any atom is -0.379 e. The molecule has 3 nitrogen and oxygen atoms in total. The van der Waals surface area contributed by atoms with Crippen LogP contribution in [-0.4, -0.2) is 19.3 Å². The van der Waals surface area contributed by atoms with Crippen LogP contribution in [0.5, 0.6) is 0 Å². The highest BCUT2D eigenvalue weighted by Gasteiger charge is 2.06. The molecule has 0 unspecified atom stereocenters. The molecule has 0 aliphatic heterocycles. The molecule has 1 aromatic carbocycles. The van der Waals surface area contributed by atoms with Gasteiger partial charge in [-0.2, -0.15) is 5.26 Å². The Kier molecular flexibility index (Phi) is 18.9. The van der Waals surface area contributed by atoms with Crippen molar-refractivity contribution in [1.82, 2.24) is 0 Å². The number of rotatable bonds is 22. The van der Waals surface area contributed by atoms with Crippen LogP contribution in [0.3, 0.4) is 0 Å². The summed E-state index contributed by atoms with van der Waals surface area (Å²) < 4.78 is 24.9.